The lowest BCUT2D eigenvalue weighted by atomic mass is 10.1. The van der Waals surface area contributed by atoms with Gasteiger partial charge in [0.1, 0.15) is 0 Å². The number of nitrogens with zero attached hydrogens (tertiary/aromatic N) is 2. The number of ether oxygens (including phenoxy) is 2. The molecule has 7 nitrogen and oxygen atoms in total. The summed E-state index contributed by atoms with van der Waals surface area (Å²) < 4.78 is 12.3. The molecular formula is C26H23N3O4. The minimum Gasteiger partial charge on any atom is -0.493 e. The first-order valence-electron chi connectivity index (χ1n) is 10.4. The van der Waals surface area contributed by atoms with Gasteiger partial charge in [0.05, 0.1) is 31.1 Å². The topological polar surface area (TPSA) is 82.4 Å². The summed E-state index contributed by atoms with van der Waals surface area (Å²) >= 11 is 0. The minimum absolute atomic E-state index is 0.292. The second-order valence-electron chi connectivity index (χ2n) is 7.36. The summed E-state index contributed by atoms with van der Waals surface area (Å²) in [6.07, 6.45) is 4.86. The Morgan fingerprint density at radius 1 is 1.03 bits per heavy atom. The monoisotopic (exact) mass is 441 g/mol. The Labute approximate surface area is 191 Å². The number of methoxy groups -OCH3 is 1. The van der Waals surface area contributed by atoms with Crippen molar-refractivity contribution in [2.45, 2.75) is 13.5 Å². The maximum atomic E-state index is 12.7. The van der Waals surface area contributed by atoms with Crippen molar-refractivity contribution in [2.24, 2.45) is 0 Å². The van der Waals surface area contributed by atoms with Gasteiger partial charge < -0.3 is 14.8 Å². The van der Waals surface area contributed by atoms with Crippen LogP contribution in [0.15, 0.2) is 79.0 Å². The first kappa shape index (κ1) is 21.8. The number of benzene rings is 3. The molecule has 0 aliphatic rings. The van der Waals surface area contributed by atoms with E-state index in [9.17, 15) is 9.59 Å². The summed E-state index contributed by atoms with van der Waals surface area (Å²) in [6, 6.07) is 20.8. The number of para-hydroxylation sites is 1. The average Bonchev–Trinajstić information content (AvgIpc) is 3.22. The van der Waals surface area contributed by atoms with Crippen LogP contribution in [0.1, 0.15) is 18.1 Å². The Morgan fingerprint density at radius 2 is 1.85 bits per heavy atom. The van der Waals surface area contributed by atoms with Crippen LogP contribution in [0.5, 0.6) is 11.5 Å². The van der Waals surface area contributed by atoms with E-state index in [4.69, 9.17) is 9.47 Å². The van der Waals surface area contributed by atoms with Crippen molar-refractivity contribution >= 4 is 34.5 Å². The van der Waals surface area contributed by atoms with Crippen molar-refractivity contribution in [1.82, 2.24) is 9.78 Å². The van der Waals surface area contributed by atoms with Crippen molar-refractivity contribution < 1.29 is 19.1 Å². The Kier molecular flexibility index (Phi) is 6.50. The zero-order valence-electron chi connectivity index (χ0n) is 18.3. The molecule has 33 heavy (non-hydrogen) atoms. The number of esters is 1. The molecule has 0 aliphatic carbocycles. The molecule has 4 aromatic rings. The summed E-state index contributed by atoms with van der Waals surface area (Å²) in [6.45, 7) is 1.91. The van der Waals surface area contributed by atoms with E-state index in [1.54, 1.807) is 30.5 Å². The predicted molar refractivity (Wildman–Crippen MR) is 127 cm³/mol. The van der Waals surface area contributed by atoms with Gasteiger partial charge in [0.2, 0.25) is 5.91 Å². The molecule has 1 heterocycles. The molecule has 1 amide bonds. The normalized spacial score (nSPS) is 11.0. The molecule has 0 fully saturated rings. The summed E-state index contributed by atoms with van der Waals surface area (Å²) in [5, 5.41) is 8.37. The number of hydrogen-bond donors (Lipinski definition) is 1. The quantitative estimate of drug-likeness (QED) is 0.256. The fourth-order valence-electron chi connectivity index (χ4n) is 3.50. The average molecular weight is 441 g/mol. The van der Waals surface area contributed by atoms with Crippen LogP contribution < -0.4 is 14.8 Å². The second kappa shape index (κ2) is 9.82. The van der Waals surface area contributed by atoms with Gasteiger partial charge in [0, 0.05) is 18.4 Å². The third kappa shape index (κ3) is 5.27. The van der Waals surface area contributed by atoms with Gasteiger partial charge in [0.25, 0.3) is 0 Å². The van der Waals surface area contributed by atoms with Crippen LogP contribution in [0.2, 0.25) is 0 Å². The summed E-state index contributed by atoms with van der Waals surface area (Å²) in [5.41, 5.74) is 3.33. The molecule has 4 rings (SSSR count). The number of hydrogen-bond acceptors (Lipinski definition) is 5. The Balaban J connectivity index is 1.54. The standard InChI is InChI=1S/C26H23N3O4/c1-18(30)33-24-15-19(11-13-23(24)32-2)12-14-25(31)28-22-10-6-9-21-16-27-29(26(21)22)17-20-7-4-3-5-8-20/h3-16H,17H2,1-2H3,(H,28,31). The largest absolute Gasteiger partial charge is 0.493 e. The number of anilines is 1. The molecule has 0 aliphatic heterocycles. The first-order valence-corrected chi connectivity index (χ1v) is 10.4. The molecule has 1 N–H and O–H groups in total. The third-order valence-electron chi connectivity index (χ3n) is 4.96. The molecule has 0 saturated heterocycles. The van der Waals surface area contributed by atoms with Crippen LogP contribution >= 0.6 is 0 Å². The molecule has 1 aromatic heterocycles. The number of aromatic nitrogens is 2. The van der Waals surface area contributed by atoms with Gasteiger partial charge in [-0.25, -0.2) is 0 Å². The third-order valence-corrected chi connectivity index (χ3v) is 4.96. The van der Waals surface area contributed by atoms with Gasteiger partial charge in [-0.15, -0.1) is 0 Å². The first-order chi connectivity index (χ1) is 16.0. The van der Waals surface area contributed by atoms with Crippen molar-refractivity contribution in [3.8, 4) is 11.5 Å². The lowest BCUT2D eigenvalue weighted by molar-refractivity contribution is -0.132. The molecule has 0 bridgehead atoms. The molecule has 0 spiro atoms. The number of rotatable bonds is 7. The zero-order valence-corrected chi connectivity index (χ0v) is 18.3. The fourth-order valence-corrected chi connectivity index (χ4v) is 3.50. The maximum Gasteiger partial charge on any atom is 0.308 e. The Bertz CT molecular complexity index is 1330. The number of amides is 1. The number of nitrogens with one attached hydrogen (secondary N) is 1. The lowest BCUT2D eigenvalue weighted by Gasteiger charge is -2.09. The van der Waals surface area contributed by atoms with E-state index in [0.717, 1.165) is 16.5 Å². The molecular weight excluding hydrogens is 418 g/mol. The van der Waals surface area contributed by atoms with Crippen molar-refractivity contribution in [1.29, 1.82) is 0 Å². The van der Waals surface area contributed by atoms with Crippen LogP contribution in [0, 0.1) is 0 Å². The maximum absolute atomic E-state index is 12.7. The van der Waals surface area contributed by atoms with Crippen LogP contribution in [0.3, 0.4) is 0 Å². The van der Waals surface area contributed by atoms with E-state index >= 15 is 0 Å². The van der Waals surface area contributed by atoms with Crippen LogP contribution in [0.25, 0.3) is 17.0 Å². The Morgan fingerprint density at radius 3 is 2.61 bits per heavy atom. The molecule has 0 atom stereocenters. The zero-order chi connectivity index (χ0) is 23.2. The number of fused-ring (bicyclic) bond motifs is 1. The van der Waals surface area contributed by atoms with Crippen LogP contribution in [-0.2, 0) is 16.1 Å². The van der Waals surface area contributed by atoms with E-state index in [1.807, 2.05) is 53.2 Å². The van der Waals surface area contributed by atoms with Gasteiger partial charge in [-0.2, -0.15) is 5.10 Å². The van der Waals surface area contributed by atoms with Gasteiger partial charge >= 0.3 is 5.97 Å². The van der Waals surface area contributed by atoms with Crippen molar-refractivity contribution in [3.05, 3.63) is 90.1 Å². The summed E-state index contributed by atoms with van der Waals surface area (Å²) in [7, 11) is 1.49. The number of carbonyl (C=O) groups excluding carboxylic acids is 2. The van der Waals surface area contributed by atoms with Crippen LogP contribution in [-0.4, -0.2) is 28.8 Å². The van der Waals surface area contributed by atoms with Gasteiger partial charge in [-0.3, -0.25) is 14.3 Å². The van der Waals surface area contributed by atoms with E-state index < -0.39 is 5.97 Å². The molecule has 166 valence electrons. The van der Waals surface area contributed by atoms with E-state index in [0.29, 0.717) is 29.3 Å². The van der Waals surface area contributed by atoms with Crippen molar-refractivity contribution in [2.75, 3.05) is 12.4 Å². The second-order valence-corrected chi connectivity index (χ2v) is 7.36. The lowest BCUT2D eigenvalue weighted by Crippen LogP contribution is -2.10. The molecule has 0 unspecified atom stereocenters. The smallest absolute Gasteiger partial charge is 0.308 e. The molecule has 0 saturated carbocycles. The highest BCUT2D eigenvalue weighted by molar-refractivity contribution is 6.06. The van der Waals surface area contributed by atoms with Gasteiger partial charge in [-0.05, 0) is 35.4 Å². The fraction of sp³-hybridized carbons (Fsp3) is 0.115. The Hall–Kier alpha value is -4.39. The van der Waals surface area contributed by atoms with E-state index in [1.165, 1.54) is 20.1 Å². The SMILES string of the molecule is COc1ccc(C=CC(=O)Nc2cccc3cnn(Cc4ccccc4)c23)cc1OC(C)=O. The highest BCUT2D eigenvalue weighted by atomic mass is 16.6. The highest BCUT2D eigenvalue weighted by Gasteiger charge is 2.11. The van der Waals surface area contributed by atoms with Gasteiger partial charge in [0.15, 0.2) is 11.5 Å². The van der Waals surface area contributed by atoms with E-state index in [2.05, 4.69) is 10.4 Å². The minimum atomic E-state index is -0.451. The van der Waals surface area contributed by atoms with Crippen LogP contribution in [0.4, 0.5) is 5.69 Å². The highest BCUT2D eigenvalue weighted by Crippen LogP contribution is 2.29. The van der Waals surface area contributed by atoms with E-state index in [-0.39, 0.29) is 5.91 Å². The molecule has 0 radical (unpaired) electrons. The predicted octanol–water partition coefficient (Wildman–Crippen LogP) is 4.67. The molecule has 3 aromatic carbocycles. The van der Waals surface area contributed by atoms with Gasteiger partial charge in [-0.1, -0.05) is 48.5 Å². The number of carbonyl (C=O) groups is 2. The summed E-state index contributed by atoms with van der Waals surface area (Å²) in [4.78, 5) is 24.0. The molecule has 7 heteroatoms. The van der Waals surface area contributed by atoms with Crippen molar-refractivity contribution in [3.63, 3.8) is 0 Å². The summed E-state index contributed by atoms with van der Waals surface area (Å²) in [5.74, 6) is -0.0144.